The fourth-order valence-corrected chi connectivity index (χ4v) is 6.31. The summed E-state index contributed by atoms with van der Waals surface area (Å²) in [6, 6.07) is 4.57. The SMILES string of the molecule is CS(=O)(=O)c1ccc(C(CC2CCCS(=O)C2)C(=O)Nc2cnccn2)cc1Cl. The molecule has 1 fully saturated rings. The van der Waals surface area contributed by atoms with Crippen LogP contribution in [0.3, 0.4) is 0 Å². The Kier molecular flexibility index (Phi) is 7.02. The van der Waals surface area contributed by atoms with E-state index in [1.807, 2.05) is 0 Å². The van der Waals surface area contributed by atoms with Gasteiger partial charge in [0, 0.05) is 41.0 Å². The van der Waals surface area contributed by atoms with Crippen LogP contribution in [0.2, 0.25) is 5.02 Å². The van der Waals surface area contributed by atoms with E-state index in [4.69, 9.17) is 11.6 Å². The summed E-state index contributed by atoms with van der Waals surface area (Å²) in [5, 5.41) is 2.83. The molecule has 10 heteroatoms. The molecule has 0 bridgehead atoms. The predicted molar refractivity (Wildman–Crippen MR) is 113 cm³/mol. The van der Waals surface area contributed by atoms with E-state index in [-0.39, 0.29) is 21.7 Å². The molecule has 3 atom stereocenters. The standard InChI is InChI=1S/C19H22ClN3O4S2/c1-29(26,27)17-5-4-14(10-16(17)20)15(9-13-3-2-8-28(25)12-13)19(24)23-18-11-21-6-7-22-18/h4-7,10-11,13,15H,2-3,8-9,12H2,1H3,(H,22,23,24). The number of hydrogen-bond acceptors (Lipinski definition) is 6. The highest BCUT2D eigenvalue weighted by Crippen LogP contribution is 2.33. The van der Waals surface area contributed by atoms with Crippen LogP contribution in [0.4, 0.5) is 5.82 Å². The predicted octanol–water partition coefficient (Wildman–Crippen LogP) is 2.80. The maximum atomic E-state index is 13.0. The molecule has 3 rings (SSSR count). The number of rotatable bonds is 6. The molecule has 0 radical (unpaired) electrons. The molecule has 0 spiro atoms. The van der Waals surface area contributed by atoms with Crippen LogP contribution in [0.1, 0.15) is 30.7 Å². The number of nitrogens with zero attached hydrogens (tertiary/aromatic N) is 2. The highest BCUT2D eigenvalue weighted by molar-refractivity contribution is 7.90. The number of amides is 1. The van der Waals surface area contributed by atoms with Crippen molar-refractivity contribution in [3.8, 4) is 0 Å². The van der Waals surface area contributed by atoms with Gasteiger partial charge in [0.05, 0.1) is 22.0 Å². The van der Waals surface area contributed by atoms with Crippen molar-refractivity contribution in [2.24, 2.45) is 5.92 Å². The van der Waals surface area contributed by atoms with Gasteiger partial charge in [-0.2, -0.15) is 0 Å². The number of aromatic nitrogens is 2. The molecule has 1 amide bonds. The van der Waals surface area contributed by atoms with Crippen molar-refractivity contribution in [1.82, 2.24) is 9.97 Å². The largest absolute Gasteiger partial charge is 0.309 e. The molecule has 7 nitrogen and oxygen atoms in total. The molecule has 0 aliphatic carbocycles. The van der Waals surface area contributed by atoms with Gasteiger partial charge in [-0.3, -0.25) is 14.0 Å². The maximum Gasteiger partial charge on any atom is 0.233 e. The minimum atomic E-state index is -3.47. The Morgan fingerprint density at radius 3 is 2.79 bits per heavy atom. The molecule has 2 aromatic rings. The lowest BCUT2D eigenvalue weighted by molar-refractivity contribution is -0.118. The Morgan fingerprint density at radius 2 is 2.17 bits per heavy atom. The van der Waals surface area contributed by atoms with E-state index in [2.05, 4.69) is 15.3 Å². The Morgan fingerprint density at radius 1 is 1.38 bits per heavy atom. The number of hydrogen-bond donors (Lipinski definition) is 1. The van der Waals surface area contributed by atoms with Gasteiger partial charge >= 0.3 is 0 Å². The van der Waals surface area contributed by atoms with Gasteiger partial charge in [-0.15, -0.1) is 0 Å². The van der Waals surface area contributed by atoms with Crippen LogP contribution in [-0.4, -0.2) is 46.3 Å². The summed E-state index contributed by atoms with van der Waals surface area (Å²) >= 11 is 6.21. The monoisotopic (exact) mass is 455 g/mol. The van der Waals surface area contributed by atoms with Crippen molar-refractivity contribution in [3.05, 3.63) is 47.4 Å². The van der Waals surface area contributed by atoms with E-state index in [0.29, 0.717) is 29.3 Å². The molecule has 0 saturated carbocycles. The summed E-state index contributed by atoms with van der Waals surface area (Å²) in [7, 11) is -4.34. The first kappa shape index (κ1) is 21.9. The van der Waals surface area contributed by atoms with Gasteiger partial charge in [0.2, 0.25) is 5.91 Å². The van der Waals surface area contributed by atoms with Gasteiger partial charge in [0.25, 0.3) is 0 Å². The second kappa shape index (κ2) is 9.32. The van der Waals surface area contributed by atoms with Gasteiger partial charge in [-0.25, -0.2) is 13.4 Å². The number of sulfone groups is 1. The summed E-state index contributed by atoms with van der Waals surface area (Å²) < 4.78 is 35.7. The van der Waals surface area contributed by atoms with E-state index >= 15 is 0 Å². The lowest BCUT2D eigenvalue weighted by Gasteiger charge is -2.26. The summed E-state index contributed by atoms with van der Waals surface area (Å²) in [6.07, 6.45) is 7.78. The first-order valence-electron chi connectivity index (χ1n) is 9.15. The van der Waals surface area contributed by atoms with Gasteiger partial charge < -0.3 is 5.32 Å². The summed E-state index contributed by atoms with van der Waals surface area (Å²) in [4.78, 5) is 21.1. The molecule has 2 heterocycles. The minimum absolute atomic E-state index is 0.0229. The Labute approximate surface area is 177 Å². The second-order valence-corrected chi connectivity index (χ2v) is 11.2. The fraction of sp³-hybridized carbons (Fsp3) is 0.421. The molecule has 1 N–H and O–H groups in total. The lowest BCUT2D eigenvalue weighted by atomic mass is 9.86. The molecule has 1 aromatic heterocycles. The fourth-order valence-electron chi connectivity index (χ4n) is 3.49. The van der Waals surface area contributed by atoms with Crippen LogP contribution in [0.5, 0.6) is 0 Å². The van der Waals surface area contributed by atoms with E-state index in [0.717, 1.165) is 19.1 Å². The van der Waals surface area contributed by atoms with Crippen LogP contribution < -0.4 is 5.32 Å². The van der Waals surface area contributed by atoms with Crippen LogP contribution >= 0.6 is 11.6 Å². The Balaban J connectivity index is 1.90. The zero-order chi connectivity index (χ0) is 21.0. The Bertz CT molecular complexity index is 1020. The van der Waals surface area contributed by atoms with Crippen LogP contribution in [0, 0.1) is 5.92 Å². The van der Waals surface area contributed by atoms with Gasteiger partial charge in [-0.05, 0) is 42.9 Å². The van der Waals surface area contributed by atoms with Gasteiger partial charge in [0.1, 0.15) is 0 Å². The van der Waals surface area contributed by atoms with Crippen molar-refractivity contribution in [3.63, 3.8) is 0 Å². The van der Waals surface area contributed by atoms with E-state index in [1.165, 1.54) is 30.7 Å². The number of halogens is 1. The van der Waals surface area contributed by atoms with Gasteiger partial charge in [0.15, 0.2) is 15.7 Å². The summed E-state index contributed by atoms with van der Waals surface area (Å²) in [5.74, 6) is 0.851. The first-order chi connectivity index (χ1) is 13.7. The van der Waals surface area contributed by atoms with Crippen LogP contribution in [0.15, 0.2) is 41.7 Å². The van der Waals surface area contributed by atoms with Crippen molar-refractivity contribution >= 4 is 44.0 Å². The zero-order valence-electron chi connectivity index (χ0n) is 15.9. The Hall–Kier alpha value is -1.84. The van der Waals surface area contributed by atoms with Crippen molar-refractivity contribution < 1.29 is 17.4 Å². The van der Waals surface area contributed by atoms with E-state index in [1.54, 1.807) is 6.07 Å². The number of carbonyl (C=O) groups is 1. The molecule has 1 aliphatic heterocycles. The molecule has 1 aromatic carbocycles. The average Bonchev–Trinajstić information content (AvgIpc) is 2.66. The smallest absolute Gasteiger partial charge is 0.233 e. The normalized spacial score (nSPS) is 20.8. The lowest BCUT2D eigenvalue weighted by Crippen LogP contribution is -2.28. The minimum Gasteiger partial charge on any atom is -0.309 e. The zero-order valence-corrected chi connectivity index (χ0v) is 18.3. The average molecular weight is 456 g/mol. The third kappa shape index (κ3) is 5.83. The highest BCUT2D eigenvalue weighted by atomic mass is 35.5. The van der Waals surface area contributed by atoms with Crippen LogP contribution in [0.25, 0.3) is 0 Å². The number of nitrogens with one attached hydrogen (secondary N) is 1. The van der Waals surface area contributed by atoms with Crippen molar-refractivity contribution in [2.45, 2.75) is 30.1 Å². The molecule has 1 aliphatic rings. The van der Waals surface area contributed by atoms with E-state index < -0.39 is 26.6 Å². The third-order valence-corrected chi connectivity index (χ3v) is 8.03. The maximum absolute atomic E-state index is 13.0. The number of anilines is 1. The number of benzene rings is 1. The topological polar surface area (TPSA) is 106 Å². The summed E-state index contributed by atoms with van der Waals surface area (Å²) in [6.45, 7) is 0. The highest BCUT2D eigenvalue weighted by Gasteiger charge is 2.29. The quantitative estimate of drug-likeness (QED) is 0.717. The molecule has 1 saturated heterocycles. The summed E-state index contributed by atoms with van der Waals surface area (Å²) in [5.41, 5.74) is 0.611. The molecular formula is C19H22ClN3O4S2. The second-order valence-electron chi connectivity index (χ2n) is 7.15. The third-order valence-electron chi connectivity index (χ3n) is 4.86. The van der Waals surface area contributed by atoms with E-state index in [9.17, 15) is 17.4 Å². The molecular weight excluding hydrogens is 434 g/mol. The molecule has 156 valence electrons. The molecule has 29 heavy (non-hydrogen) atoms. The van der Waals surface area contributed by atoms with Crippen molar-refractivity contribution in [1.29, 1.82) is 0 Å². The molecule has 3 unspecified atom stereocenters. The number of carbonyl (C=O) groups excluding carboxylic acids is 1. The van der Waals surface area contributed by atoms with Crippen molar-refractivity contribution in [2.75, 3.05) is 23.1 Å². The van der Waals surface area contributed by atoms with Gasteiger partial charge in [-0.1, -0.05) is 17.7 Å². The first-order valence-corrected chi connectivity index (χ1v) is 12.9. The van der Waals surface area contributed by atoms with Crippen LogP contribution in [-0.2, 0) is 25.4 Å².